The van der Waals surface area contributed by atoms with Crippen LogP contribution in [0.2, 0.25) is 0 Å². The summed E-state index contributed by atoms with van der Waals surface area (Å²) in [6.45, 7) is 10.9. The van der Waals surface area contributed by atoms with Gasteiger partial charge < -0.3 is 9.64 Å². The number of nitrogens with zero attached hydrogens (tertiary/aromatic N) is 1. The first-order valence-corrected chi connectivity index (χ1v) is 10.9. The largest absolute Gasteiger partial charge is 0.458 e. The molecule has 0 N–H and O–H groups in total. The number of likely N-dealkylation sites (tertiary alicyclic amines) is 1. The van der Waals surface area contributed by atoms with Gasteiger partial charge in [-0.3, -0.25) is 0 Å². The van der Waals surface area contributed by atoms with E-state index in [1.54, 1.807) is 6.08 Å². The molecule has 2 aromatic carbocycles. The zero-order valence-electron chi connectivity index (χ0n) is 18.2. The molecule has 1 saturated heterocycles. The molecule has 3 heteroatoms. The number of ether oxygens (including phenoxy) is 1. The topological polar surface area (TPSA) is 29.5 Å². The Morgan fingerprint density at radius 3 is 2.20 bits per heavy atom. The highest BCUT2D eigenvalue weighted by Crippen LogP contribution is 2.39. The highest BCUT2D eigenvalue weighted by Gasteiger charge is 2.32. The molecule has 0 aliphatic carbocycles. The summed E-state index contributed by atoms with van der Waals surface area (Å²) in [5, 5.41) is 0. The van der Waals surface area contributed by atoms with Crippen molar-refractivity contribution in [1.29, 1.82) is 0 Å². The van der Waals surface area contributed by atoms with Crippen LogP contribution in [0, 0.1) is 11.8 Å². The number of allylic oxidation sites excluding steroid dienone is 2. The maximum absolute atomic E-state index is 12.8. The predicted molar refractivity (Wildman–Crippen MR) is 123 cm³/mol. The third-order valence-electron chi connectivity index (χ3n) is 5.85. The van der Waals surface area contributed by atoms with Gasteiger partial charge in [-0.05, 0) is 29.9 Å². The van der Waals surface area contributed by atoms with E-state index in [0.29, 0.717) is 12.5 Å². The van der Waals surface area contributed by atoms with Crippen LogP contribution in [0.25, 0.3) is 0 Å². The molecule has 1 heterocycles. The number of benzene rings is 2. The lowest BCUT2D eigenvalue weighted by atomic mass is 9.76. The zero-order valence-corrected chi connectivity index (χ0v) is 18.2. The summed E-state index contributed by atoms with van der Waals surface area (Å²) >= 11 is 0. The van der Waals surface area contributed by atoms with Crippen LogP contribution < -0.4 is 0 Å². The van der Waals surface area contributed by atoms with Crippen LogP contribution in [0.4, 0.5) is 0 Å². The van der Waals surface area contributed by atoms with Gasteiger partial charge in [-0.25, -0.2) is 4.79 Å². The Bertz CT molecular complexity index is 836. The Morgan fingerprint density at radius 1 is 1.03 bits per heavy atom. The molecule has 1 aliphatic rings. The summed E-state index contributed by atoms with van der Waals surface area (Å²) < 4.78 is 5.60. The average molecular weight is 404 g/mol. The Labute approximate surface area is 181 Å². The van der Waals surface area contributed by atoms with Gasteiger partial charge in [0.2, 0.25) is 0 Å². The van der Waals surface area contributed by atoms with Crippen LogP contribution >= 0.6 is 0 Å². The van der Waals surface area contributed by atoms with Crippen molar-refractivity contribution in [2.75, 3.05) is 13.1 Å². The standard InChI is InChI=1S/C27H33NO2/c1-4-24(23-15-9-6-10-16-23)27(21(2)3)25(28-17-11-12-18-28)19-26(29)30-20-22-13-7-5-8-14-22/h4-10,13-16,19,21,24,27H,1,11-12,17-18,20H2,2-3H3/b25-19+/t24-,27-/m0/s1. The van der Waals surface area contributed by atoms with Gasteiger partial charge >= 0.3 is 5.97 Å². The van der Waals surface area contributed by atoms with E-state index in [-0.39, 0.29) is 17.8 Å². The number of esters is 1. The monoisotopic (exact) mass is 403 g/mol. The van der Waals surface area contributed by atoms with Crippen LogP contribution in [-0.4, -0.2) is 24.0 Å². The van der Waals surface area contributed by atoms with Crippen LogP contribution in [-0.2, 0) is 16.1 Å². The van der Waals surface area contributed by atoms with Gasteiger partial charge in [0.05, 0.1) is 0 Å². The van der Waals surface area contributed by atoms with Gasteiger partial charge in [0.15, 0.2) is 0 Å². The van der Waals surface area contributed by atoms with Crippen LogP contribution in [0.5, 0.6) is 0 Å². The molecule has 0 spiro atoms. The molecule has 3 rings (SSSR count). The molecular formula is C27H33NO2. The first-order chi connectivity index (χ1) is 14.6. The van der Waals surface area contributed by atoms with Gasteiger partial charge in [0, 0.05) is 36.7 Å². The molecule has 3 nitrogen and oxygen atoms in total. The number of rotatable bonds is 9. The number of hydrogen-bond donors (Lipinski definition) is 0. The normalized spacial score (nSPS) is 16.4. The van der Waals surface area contributed by atoms with Crippen molar-refractivity contribution in [1.82, 2.24) is 4.90 Å². The quantitative estimate of drug-likeness (QED) is 0.294. The first-order valence-electron chi connectivity index (χ1n) is 10.9. The molecule has 0 bridgehead atoms. The van der Waals surface area contributed by atoms with Gasteiger partial charge in [-0.1, -0.05) is 80.6 Å². The van der Waals surface area contributed by atoms with Crippen LogP contribution in [0.1, 0.15) is 43.7 Å². The van der Waals surface area contributed by atoms with E-state index >= 15 is 0 Å². The summed E-state index contributed by atoms with van der Waals surface area (Å²) in [7, 11) is 0. The second kappa shape index (κ2) is 10.8. The second-order valence-electron chi connectivity index (χ2n) is 8.30. The fourth-order valence-corrected chi connectivity index (χ4v) is 4.37. The minimum absolute atomic E-state index is 0.139. The highest BCUT2D eigenvalue weighted by molar-refractivity contribution is 5.82. The Kier molecular flexibility index (Phi) is 7.89. The van der Waals surface area contributed by atoms with Crippen molar-refractivity contribution < 1.29 is 9.53 Å². The Morgan fingerprint density at radius 2 is 1.63 bits per heavy atom. The van der Waals surface area contributed by atoms with Crippen molar-refractivity contribution in [3.05, 3.63) is 96.2 Å². The third kappa shape index (κ3) is 5.63. The summed E-state index contributed by atoms with van der Waals surface area (Å²) in [4.78, 5) is 15.2. The van der Waals surface area contributed by atoms with Gasteiger partial charge in [0.1, 0.15) is 6.61 Å². The lowest BCUT2D eigenvalue weighted by Crippen LogP contribution is -2.31. The van der Waals surface area contributed by atoms with Crippen molar-refractivity contribution in [3.63, 3.8) is 0 Å². The van der Waals surface area contributed by atoms with Gasteiger partial charge in [-0.2, -0.15) is 0 Å². The molecule has 1 aliphatic heterocycles. The average Bonchev–Trinajstić information content (AvgIpc) is 3.30. The molecule has 2 atom stereocenters. The Hall–Kier alpha value is -2.81. The molecule has 0 amide bonds. The van der Waals surface area contributed by atoms with E-state index in [9.17, 15) is 4.79 Å². The molecule has 158 valence electrons. The van der Waals surface area contributed by atoms with Gasteiger partial charge in [-0.15, -0.1) is 6.58 Å². The van der Waals surface area contributed by atoms with Crippen LogP contribution in [0.15, 0.2) is 85.1 Å². The van der Waals surface area contributed by atoms with E-state index < -0.39 is 0 Å². The van der Waals surface area contributed by atoms with Crippen LogP contribution in [0.3, 0.4) is 0 Å². The SMILES string of the molecule is C=C[C@@H](c1ccccc1)[C@@H](/C(=C\C(=O)OCc1ccccc1)N1CCCC1)C(C)C. The molecule has 30 heavy (non-hydrogen) atoms. The minimum Gasteiger partial charge on any atom is -0.458 e. The first kappa shape index (κ1) is 21.9. The van der Waals surface area contributed by atoms with E-state index in [1.165, 1.54) is 5.56 Å². The predicted octanol–water partition coefficient (Wildman–Crippen LogP) is 5.95. The third-order valence-corrected chi connectivity index (χ3v) is 5.85. The second-order valence-corrected chi connectivity index (χ2v) is 8.30. The minimum atomic E-state index is -0.276. The number of hydrogen-bond acceptors (Lipinski definition) is 3. The summed E-state index contributed by atoms with van der Waals surface area (Å²) in [6.07, 6.45) is 6.08. The lowest BCUT2D eigenvalue weighted by Gasteiger charge is -2.36. The lowest BCUT2D eigenvalue weighted by molar-refractivity contribution is -0.139. The highest BCUT2D eigenvalue weighted by atomic mass is 16.5. The molecule has 0 unspecified atom stereocenters. The summed E-state index contributed by atoms with van der Waals surface area (Å²) in [5.41, 5.74) is 3.30. The van der Waals surface area contributed by atoms with Gasteiger partial charge in [0.25, 0.3) is 0 Å². The van der Waals surface area contributed by atoms with E-state index in [4.69, 9.17) is 4.74 Å². The molecule has 1 fully saturated rings. The smallest absolute Gasteiger partial charge is 0.332 e. The zero-order chi connectivity index (χ0) is 21.3. The maximum Gasteiger partial charge on any atom is 0.332 e. The molecule has 2 aromatic rings. The fourth-order valence-electron chi connectivity index (χ4n) is 4.37. The summed E-state index contributed by atoms with van der Waals surface area (Å²) in [6, 6.07) is 20.3. The fraction of sp³-hybridized carbons (Fsp3) is 0.370. The van der Waals surface area contributed by atoms with Crippen molar-refractivity contribution in [2.45, 2.75) is 39.2 Å². The molecule has 0 radical (unpaired) electrons. The molecular weight excluding hydrogens is 370 g/mol. The van der Waals surface area contributed by atoms with Crippen molar-refractivity contribution >= 4 is 5.97 Å². The Balaban J connectivity index is 1.88. The van der Waals surface area contributed by atoms with E-state index in [2.05, 4.69) is 49.6 Å². The summed E-state index contributed by atoms with van der Waals surface area (Å²) in [5.74, 6) is 0.372. The van der Waals surface area contributed by atoms with Crippen molar-refractivity contribution in [3.8, 4) is 0 Å². The van der Waals surface area contributed by atoms with E-state index in [0.717, 1.165) is 37.2 Å². The maximum atomic E-state index is 12.8. The number of carbonyl (C=O) groups is 1. The number of carbonyl (C=O) groups excluding carboxylic acids is 1. The van der Waals surface area contributed by atoms with Crippen molar-refractivity contribution in [2.24, 2.45) is 11.8 Å². The molecule has 0 saturated carbocycles. The van der Waals surface area contributed by atoms with E-state index in [1.807, 2.05) is 42.5 Å². The molecule has 0 aromatic heterocycles.